The van der Waals surface area contributed by atoms with Crippen LogP contribution in [0.15, 0.2) is 0 Å². The van der Waals surface area contributed by atoms with Gasteiger partial charge in [0.25, 0.3) is 0 Å². The zero-order chi connectivity index (χ0) is 21.9. The van der Waals surface area contributed by atoms with Gasteiger partial charge in [-0.05, 0) is 94.3 Å². The second-order valence-electron chi connectivity index (χ2n) is 11.4. The lowest BCUT2D eigenvalue weighted by Crippen LogP contribution is -2.38. The first-order chi connectivity index (χ1) is 15.2. The Morgan fingerprint density at radius 1 is 0.742 bits per heavy atom. The Morgan fingerprint density at radius 2 is 1.39 bits per heavy atom. The highest BCUT2D eigenvalue weighted by atomic mass is 16.5. The van der Waals surface area contributed by atoms with Crippen LogP contribution in [0.2, 0.25) is 0 Å². The third-order valence-corrected chi connectivity index (χ3v) is 9.48. The molecule has 178 valence electrons. The van der Waals surface area contributed by atoms with Crippen molar-refractivity contribution in [3.8, 4) is 6.07 Å². The van der Waals surface area contributed by atoms with Crippen LogP contribution in [0.25, 0.3) is 0 Å². The number of ether oxygens (including phenoxy) is 1. The Bertz CT molecular complexity index is 513. The molecule has 3 saturated carbocycles. The van der Waals surface area contributed by atoms with Crippen LogP contribution in [0, 0.1) is 40.4 Å². The lowest BCUT2D eigenvalue weighted by Gasteiger charge is -2.45. The number of nitrogens with zero attached hydrogens (tertiary/aromatic N) is 1. The molecule has 0 aliphatic heterocycles. The van der Waals surface area contributed by atoms with Gasteiger partial charge in [0, 0.05) is 6.61 Å². The summed E-state index contributed by atoms with van der Waals surface area (Å²) >= 11 is 0. The van der Waals surface area contributed by atoms with Crippen molar-refractivity contribution in [3.05, 3.63) is 0 Å². The molecule has 3 aliphatic rings. The summed E-state index contributed by atoms with van der Waals surface area (Å²) in [6.07, 6.45) is 25.8. The van der Waals surface area contributed by atoms with Gasteiger partial charge in [0.05, 0.1) is 17.6 Å². The van der Waals surface area contributed by atoms with Gasteiger partial charge in [-0.2, -0.15) is 5.26 Å². The maximum Gasteiger partial charge on any atom is 0.0692 e. The van der Waals surface area contributed by atoms with Gasteiger partial charge in [-0.15, -0.1) is 0 Å². The molecule has 2 heteroatoms. The summed E-state index contributed by atoms with van der Waals surface area (Å²) in [5, 5.41) is 10.2. The third kappa shape index (κ3) is 7.22. The van der Waals surface area contributed by atoms with Crippen molar-refractivity contribution in [2.24, 2.45) is 29.1 Å². The molecule has 0 bridgehead atoms. The molecule has 31 heavy (non-hydrogen) atoms. The molecule has 0 radical (unpaired) electrons. The van der Waals surface area contributed by atoms with Gasteiger partial charge in [0.1, 0.15) is 0 Å². The Hall–Kier alpha value is -0.550. The molecule has 0 unspecified atom stereocenters. The van der Waals surface area contributed by atoms with Crippen LogP contribution < -0.4 is 0 Å². The number of hydrogen-bond donors (Lipinski definition) is 0. The topological polar surface area (TPSA) is 33.0 Å². The fourth-order valence-corrected chi connectivity index (χ4v) is 7.22. The highest BCUT2D eigenvalue weighted by molar-refractivity contribution is 5.06. The monoisotopic (exact) mass is 429 g/mol. The van der Waals surface area contributed by atoms with E-state index < -0.39 is 0 Å². The van der Waals surface area contributed by atoms with E-state index in [1.165, 1.54) is 122 Å². The highest BCUT2D eigenvalue weighted by Gasteiger charge is 2.44. The predicted octanol–water partition coefficient (Wildman–Crippen LogP) is 8.84. The van der Waals surface area contributed by atoms with E-state index in [1.54, 1.807) is 0 Å². The van der Waals surface area contributed by atoms with E-state index in [4.69, 9.17) is 4.74 Å². The van der Waals surface area contributed by atoms with Gasteiger partial charge < -0.3 is 4.74 Å². The number of hydrogen-bond acceptors (Lipinski definition) is 2. The molecule has 0 aromatic carbocycles. The van der Waals surface area contributed by atoms with Crippen molar-refractivity contribution in [1.29, 1.82) is 5.26 Å². The van der Waals surface area contributed by atoms with Crippen molar-refractivity contribution in [1.82, 2.24) is 0 Å². The van der Waals surface area contributed by atoms with Crippen LogP contribution in [0.5, 0.6) is 0 Å². The molecule has 0 saturated heterocycles. The molecule has 0 spiro atoms. The van der Waals surface area contributed by atoms with E-state index in [9.17, 15) is 5.26 Å². The van der Waals surface area contributed by atoms with E-state index in [0.717, 1.165) is 24.4 Å². The van der Waals surface area contributed by atoms with Crippen LogP contribution in [-0.2, 0) is 4.74 Å². The Morgan fingerprint density at radius 3 is 2.00 bits per heavy atom. The molecule has 0 amide bonds. The molecule has 2 nitrogen and oxygen atoms in total. The molecule has 0 N–H and O–H groups in total. The first-order valence-electron chi connectivity index (χ1n) is 14.2. The molecule has 3 aliphatic carbocycles. The molecular weight excluding hydrogens is 378 g/mol. The highest BCUT2D eigenvalue weighted by Crippen LogP contribution is 2.52. The van der Waals surface area contributed by atoms with E-state index in [1.807, 2.05) is 0 Å². The summed E-state index contributed by atoms with van der Waals surface area (Å²) in [5.41, 5.74) is -0.0125. The van der Waals surface area contributed by atoms with Crippen LogP contribution in [0.3, 0.4) is 0 Å². The maximum absolute atomic E-state index is 10.2. The molecule has 0 heterocycles. The van der Waals surface area contributed by atoms with Crippen molar-refractivity contribution in [2.45, 2.75) is 142 Å². The van der Waals surface area contributed by atoms with Crippen LogP contribution in [0.1, 0.15) is 136 Å². The zero-order valence-electron chi connectivity index (χ0n) is 20.9. The summed E-state index contributed by atoms with van der Waals surface area (Å²) in [4.78, 5) is 0. The van der Waals surface area contributed by atoms with Crippen molar-refractivity contribution >= 4 is 0 Å². The number of unbranched alkanes of at least 4 members (excludes halogenated alkanes) is 4. The summed E-state index contributed by atoms with van der Waals surface area (Å²) in [6.45, 7) is 5.47. The van der Waals surface area contributed by atoms with Crippen molar-refractivity contribution in [2.75, 3.05) is 6.61 Å². The lowest BCUT2D eigenvalue weighted by molar-refractivity contribution is -0.00808. The second-order valence-corrected chi connectivity index (χ2v) is 11.4. The Balaban J connectivity index is 1.38. The average Bonchev–Trinajstić information content (AvgIpc) is 2.83. The van der Waals surface area contributed by atoms with E-state index in [0.29, 0.717) is 12.0 Å². The van der Waals surface area contributed by atoms with Gasteiger partial charge >= 0.3 is 0 Å². The molecule has 0 aromatic heterocycles. The average molecular weight is 430 g/mol. The summed E-state index contributed by atoms with van der Waals surface area (Å²) in [6, 6.07) is 2.88. The summed E-state index contributed by atoms with van der Waals surface area (Å²) < 4.78 is 6.08. The van der Waals surface area contributed by atoms with E-state index in [-0.39, 0.29) is 5.41 Å². The van der Waals surface area contributed by atoms with Gasteiger partial charge in [-0.1, -0.05) is 65.2 Å². The summed E-state index contributed by atoms with van der Waals surface area (Å²) in [5.74, 6) is 3.52. The Kier molecular flexibility index (Phi) is 10.7. The molecule has 0 atom stereocenters. The third-order valence-electron chi connectivity index (χ3n) is 9.48. The van der Waals surface area contributed by atoms with Gasteiger partial charge in [0.2, 0.25) is 0 Å². The van der Waals surface area contributed by atoms with Crippen LogP contribution in [0.4, 0.5) is 0 Å². The maximum atomic E-state index is 10.2. The van der Waals surface area contributed by atoms with E-state index in [2.05, 4.69) is 19.9 Å². The second kappa shape index (κ2) is 13.2. The summed E-state index contributed by atoms with van der Waals surface area (Å²) in [7, 11) is 0. The standard InChI is InChI=1S/C29H51NO/c1-3-5-7-8-9-24-10-12-25(13-11-24)26-18-20-29(23-30,21-19-26)27-14-16-28(17-15-27)31-22-6-4-2/h24-28H,3-22H2,1-2H3. The minimum atomic E-state index is -0.0125. The first-order valence-corrected chi connectivity index (χ1v) is 14.2. The molecule has 3 rings (SSSR count). The molecular formula is C29H51NO. The first kappa shape index (κ1) is 25.1. The zero-order valence-corrected chi connectivity index (χ0v) is 20.9. The Labute approximate surface area is 193 Å². The van der Waals surface area contributed by atoms with Crippen molar-refractivity contribution in [3.63, 3.8) is 0 Å². The van der Waals surface area contributed by atoms with Crippen LogP contribution in [-0.4, -0.2) is 12.7 Å². The predicted molar refractivity (Wildman–Crippen MR) is 131 cm³/mol. The van der Waals surface area contributed by atoms with Gasteiger partial charge in [-0.25, -0.2) is 0 Å². The molecule has 0 aromatic rings. The van der Waals surface area contributed by atoms with E-state index >= 15 is 0 Å². The minimum Gasteiger partial charge on any atom is -0.378 e. The SMILES string of the molecule is CCCCCCC1CCC(C2CCC(C#N)(C3CCC(OCCCC)CC3)CC2)CC1. The van der Waals surface area contributed by atoms with Gasteiger partial charge in [-0.3, -0.25) is 0 Å². The minimum absolute atomic E-state index is 0.0125. The quantitative estimate of drug-likeness (QED) is 0.307. The fraction of sp³-hybridized carbons (Fsp3) is 0.966. The smallest absolute Gasteiger partial charge is 0.0692 e. The van der Waals surface area contributed by atoms with Crippen molar-refractivity contribution < 1.29 is 4.74 Å². The lowest BCUT2D eigenvalue weighted by atomic mass is 9.58. The number of nitriles is 1. The van der Waals surface area contributed by atoms with Gasteiger partial charge in [0.15, 0.2) is 0 Å². The fourth-order valence-electron chi connectivity index (χ4n) is 7.22. The number of rotatable bonds is 11. The normalized spacial score (nSPS) is 36.7. The van der Waals surface area contributed by atoms with Crippen LogP contribution >= 0.6 is 0 Å². The largest absolute Gasteiger partial charge is 0.378 e. The molecule has 3 fully saturated rings.